The molecule has 2 atom stereocenters. The summed E-state index contributed by atoms with van der Waals surface area (Å²) >= 11 is 0. The second kappa shape index (κ2) is 3.89. The highest BCUT2D eigenvalue weighted by molar-refractivity contribution is 5.70. The zero-order valence-electron chi connectivity index (χ0n) is 8.78. The van der Waals surface area contributed by atoms with Crippen LogP contribution >= 0.6 is 0 Å². The first-order valence-electron chi connectivity index (χ1n) is 5.65. The van der Waals surface area contributed by atoms with Gasteiger partial charge in [0.1, 0.15) is 0 Å². The van der Waals surface area contributed by atoms with Gasteiger partial charge in [-0.1, -0.05) is 6.92 Å². The van der Waals surface area contributed by atoms with E-state index in [1.54, 1.807) is 0 Å². The number of rotatable bonds is 2. The molecule has 0 aromatic carbocycles. The van der Waals surface area contributed by atoms with E-state index >= 15 is 0 Å². The molecule has 0 amide bonds. The molecule has 1 heterocycles. The van der Waals surface area contributed by atoms with Gasteiger partial charge in [0.2, 0.25) is 0 Å². The molecule has 1 saturated heterocycles. The second-order valence-electron chi connectivity index (χ2n) is 4.77. The summed E-state index contributed by atoms with van der Waals surface area (Å²) in [4.78, 5) is 13.5. The molecule has 0 radical (unpaired) electrons. The standard InChI is InChI=1S/C11H19NO2/c1-8-4-6-12(9-2-3-9)7-5-10(8)11(13)14/h8-10H,2-7H2,1H3,(H,13,14). The number of carbonyl (C=O) groups is 1. The SMILES string of the molecule is CC1CCN(C2CC2)CCC1C(=O)O. The molecule has 1 N–H and O–H groups in total. The van der Waals surface area contributed by atoms with Crippen molar-refractivity contribution < 1.29 is 9.90 Å². The average molecular weight is 197 g/mol. The molecule has 80 valence electrons. The van der Waals surface area contributed by atoms with Gasteiger partial charge in [-0.25, -0.2) is 0 Å². The Bertz CT molecular complexity index is 225. The average Bonchev–Trinajstić information content (AvgIpc) is 2.89. The highest BCUT2D eigenvalue weighted by Crippen LogP contribution is 2.32. The van der Waals surface area contributed by atoms with Crippen LogP contribution in [0.5, 0.6) is 0 Å². The lowest BCUT2D eigenvalue weighted by Gasteiger charge is -2.18. The highest BCUT2D eigenvalue weighted by atomic mass is 16.4. The van der Waals surface area contributed by atoms with Crippen molar-refractivity contribution >= 4 is 5.97 Å². The Morgan fingerprint density at radius 1 is 1.21 bits per heavy atom. The molecule has 0 bridgehead atoms. The Labute approximate surface area is 85.1 Å². The Hall–Kier alpha value is -0.570. The number of nitrogens with zero attached hydrogens (tertiary/aromatic N) is 1. The van der Waals surface area contributed by atoms with Gasteiger partial charge in [0.05, 0.1) is 5.92 Å². The first-order chi connectivity index (χ1) is 6.68. The van der Waals surface area contributed by atoms with E-state index in [1.165, 1.54) is 12.8 Å². The molecule has 2 rings (SSSR count). The van der Waals surface area contributed by atoms with Crippen LogP contribution in [0, 0.1) is 11.8 Å². The largest absolute Gasteiger partial charge is 0.481 e. The van der Waals surface area contributed by atoms with Crippen LogP contribution in [-0.2, 0) is 4.79 Å². The van der Waals surface area contributed by atoms with Gasteiger partial charge in [0.25, 0.3) is 0 Å². The molecule has 14 heavy (non-hydrogen) atoms. The molecule has 1 aliphatic heterocycles. The van der Waals surface area contributed by atoms with E-state index in [4.69, 9.17) is 5.11 Å². The molecule has 3 nitrogen and oxygen atoms in total. The van der Waals surface area contributed by atoms with Crippen LogP contribution in [0.2, 0.25) is 0 Å². The maximum atomic E-state index is 11.0. The van der Waals surface area contributed by atoms with Crippen molar-refractivity contribution in [1.82, 2.24) is 4.90 Å². The maximum Gasteiger partial charge on any atom is 0.306 e. The molecular formula is C11H19NO2. The van der Waals surface area contributed by atoms with Crippen molar-refractivity contribution in [3.8, 4) is 0 Å². The molecule has 1 saturated carbocycles. The lowest BCUT2D eigenvalue weighted by Crippen LogP contribution is -2.27. The minimum absolute atomic E-state index is 0.112. The lowest BCUT2D eigenvalue weighted by atomic mass is 9.90. The summed E-state index contributed by atoms with van der Waals surface area (Å²) in [6, 6.07) is 0.787. The first kappa shape index (κ1) is 9.97. The van der Waals surface area contributed by atoms with Gasteiger partial charge in [-0.05, 0) is 44.7 Å². The van der Waals surface area contributed by atoms with Crippen molar-refractivity contribution in [2.24, 2.45) is 11.8 Å². The van der Waals surface area contributed by atoms with Crippen LogP contribution < -0.4 is 0 Å². The van der Waals surface area contributed by atoms with Gasteiger partial charge >= 0.3 is 5.97 Å². The maximum absolute atomic E-state index is 11.0. The Morgan fingerprint density at radius 3 is 2.43 bits per heavy atom. The fourth-order valence-electron chi connectivity index (χ4n) is 2.44. The van der Waals surface area contributed by atoms with Crippen LogP contribution in [0.15, 0.2) is 0 Å². The molecular weight excluding hydrogens is 178 g/mol. The third kappa shape index (κ3) is 2.08. The van der Waals surface area contributed by atoms with Gasteiger partial charge in [0, 0.05) is 6.04 Å². The summed E-state index contributed by atoms with van der Waals surface area (Å²) in [5.74, 6) is -0.370. The minimum Gasteiger partial charge on any atom is -0.481 e. The quantitative estimate of drug-likeness (QED) is 0.730. The van der Waals surface area contributed by atoms with Gasteiger partial charge in [-0.2, -0.15) is 0 Å². The highest BCUT2D eigenvalue weighted by Gasteiger charge is 2.34. The van der Waals surface area contributed by atoms with Gasteiger partial charge in [-0.15, -0.1) is 0 Å². The van der Waals surface area contributed by atoms with Crippen LogP contribution in [0.3, 0.4) is 0 Å². The minimum atomic E-state index is -0.602. The smallest absolute Gasteiger partial charge is 0.306 e. The number of carboxylic acid groups (broad SMARTS) is 1. The van der Waals surface area contributed by atoms with Crippen molar-refractivity contribution in [3.05, 3.63) is 0 Å². The molecule has 0 aromatic heterocycles. The van der Waals surface area contributed by atoms with Crippen molar-refractivity contribution in [3.63, 3.8) is 0 Å². The van der Waals surface area contributed by atoms with Crippen molar-refractivity contribution in [2.75, 3.05) is 13.1 Å². The van der Waals surface area contributed by atoms with E-state index in [2.05, 4.69) is 11.8 Å². The summed E-state index contributed by atoms with van der Waals surface area (Å²) in [5, 5.41) is 9.06. The fraction of sp³-hybridized carbons (Fsp3) is 0.909. The molecule has 2 aliphatic rings. The van der Waals surface area contributed by atoms with Crippen LogP contribution in [0.1, 0.15) is 32.6 Å². The summed E-state index contributed by atoms with van der Waals surface area (Å²) in [6.45, 7) is 4.18. The fourth-order valence-corrected chi connectivity index (χ4v) is 2.44. The Balaban J connectivity index is 1.94. The van der Waals surface area contributed by atoms with Gasteiger partial charge in [-0.3, -0.25) is 4.79 Å². The molecule has 0 spiro atoms. The third-order valence-corrected chi connectivity index (χ3v) is 3.67. The second-order valence-corrected chi connectivity index (χ2v) is 4.77. The van der Waals surface area contributed by atoms with Crippen LogP contribution in [-0.4, -0.2) is 35.1 Å². The molecule has 1 aliphatic carbocycles. The topological polar surface area (TPSA) is 40.5 Å². The number of likely N-dealkylation sites (tertiary alicyclic amines) is 1. The van der Waals surface area contributed by atoms with E-state index in [0.29, 0.717) is 5.92 Å². The van der Waals surface area contributed by atoms with Crippen molar-refractivity contribution in [1.29, 1.82) is 0 Å². The Kier molecular flexibility index (Phi) is 2.77. The summed E-state index contributed by atoms with van der Waals surface area (Å²) in [7, 11) is 0. The van der Waals surface area contributed by atoms with E-state index in [9.17, 15) is 4.79 Å². The van der Waals surface area contributed by atoms with E-state index in [0.717, 1.165) is 32.0 Å². The Morgan fingerprint density at radius 2 is 1.86 bits per heavy atom. The number of carboxylic acids is 1. The third-order valence-electron chi connectivity index (χ3n) is 3.67. The van der Waals surface area contributed by atoms with E-state index in [-0.39, 0.29) is 5.92 Å². The van der Waals surface area contributed by atoms with Gasteiger partial charge in [0.15, 0.2) is 0 Å². The number of aliphatic carboxylic acids is 1. The zero-order valence-corrected chi connectivity index (χ0v) is 8.78. The predicted octanol–water partition coefficient (Wildman–Crippen LogP) is 1.58. The van der Waals surface area contributed by atoms with Crippen LogP contribution in [0.25, 0.3) is 0 Å². The summed E-state index contributed by atoms with van der Waals surface area (Å²) in [6.07, 6.45) is 4.54. The van der Waals surface area contributed by atoms with Crippen molar-refractivity contribution in [2.45, 2.75) is 38.6 Å². The lowest BCUT2D eigenvalue weighted by molar-refractivity contribution is -0.143. The summed E-state index contributed by atoms with van der Waals surface area (Å²) in [5.41, 5.74) is 0. The number of hydrogen-bond donors (Lipinski definition) is 1. The normalized spacial score (nSPS) is 35.2. The first-order valence-corrected chi connectivity index (χ1v) is 5.65. The molecule has 0 aromatic rings. The van der Waals surface area contributed by atoms with E-state index < -0.39 is 5.97 Å². The molecule has 3 heteroatoms. The molecule has 2 fully saturated rings. The number of hydrogen-bond acceptors (Lipinski definition) is 2. The van der Waals surface area contributed by atoms with E-state index in [1.807, 2.05) is 0 Å². The molecule has 2 unspecified atom stereocenters. The van der Waals surface area contributed by atoms with Crippen LogP contribution in [0.4, 0.5) is 0 Å². The monoisotopic (exact) mass is 197 g/mol. The van der Waals surface area contributed by atoms with Gasteiger partial charge < -0.3 is 10.0 Å². The zero-order chi connectivity index (χ0) is 10.1. The predicted molar refractivity (Wildman–Crippen MR) is 54.1 cm³/mol. The summed E-state index contributed by atoms with van der Waals surface area (Å²) < 4.78 is 0.